The van der Waals surface area contributed by atoms with Gasteiger partial charge in [0.15, 0.2) is 0 Å². The van der Waals surface area contributed by atoms with Crippen LogP contribution in [-0.2, 0) is 0 Å². The van der Waals surface area contributed by atoms with Crippen LogP contribution in [0.4, 0.5) is 0 Å². The second kappa shape index (κ2) is 2.92. The zero-order valence-corrected chi connectivity index (χ0v) is 5.06. The first kappa shape index (κ1) is 4.99. The zero-order valence-electron chi connectivity index (χ0n) is 4.17. The molecule has 0 atom stereocenters. The fraction of sp³-hybridized carbons (Fsp3) is 0.600. The number of rotatable bonds is 0. The molecule has 38 valence electrons. The highest BCUT2D eigenvalue weighted by atomic mass is 31.1. The lowest BCUT2D eigenvalue weighted by molar-refractivity contribution is 0.869. The van der Waals surface area contributed by atoms with Crippen LogP contribution in [0.1, 0.15) is 12.8 Å². The Morgan fingerprint density at radius 1 is 1.57 bits per heavy atom. The van der Waals surface area contributed by atoms with Gasteiger partial charge in [0.1, 0.15) is 0 Å². The van der Waals surface area contributed by atoms with Crippen LogP contribution in [0, 0.1) is 0 Å². The van der Waals surface area contributed by atoms with Gasteiger partial charge in [-0.3, -0.25) is 4.74 Å². The van der Waals surface area contributed by atoms with Gasteiger partial charge in [-0.15, -0.1) is 0 Å². The molecule has 0 aromatic heterocycles. The van der Waals surface area contributed by atoms with Crippen LogP contribution in [0.2, 0.25) is 0 Å². The molecule has 1 nitrogen and oxygen atoms in total. The van der Waals surface area contributed by atoms with Gasteiger partial charge in [0.25, 0.3) is 0 Å². The molecule has 0 spiro atoms. The first-order valence-corrected chi connectivity index (χ1v) is 3.43. The maximum Gasteiger partial charge on any atom is 0.0439 e. The van der Waals surface area contributed by atoms with Crippen molar-refractivity contribution in [2.75, 3.05) is 6.54 Å². The lowest BCUT2D eigenvalue weighted by atomic mass is 10.3. The van der Waals surface area contributed by atoms with Crippen LogP contribution < -0.4 is 0 Å². The van der Waals surface area contributed by atoms with Gasteiger partial charge in [0.2, 0.25) is 0 Å². The van der Waals surface area contributed by atoms with E-state index in [9.17, 15) is 0 Å². The highest BCUT2D eigenvalue weighted by Gasteiger charge is 1.82. The van der Waals surface area contributed by atoms with E-state index in [4.69, 9.17) is 0 Å². The summed E-state index contributed by atoms with van der Waals surface area (Å²) in [5, 5.41) is 0. The Bertz CT molecular complexity index is 84.3. The maximum absolute atomic E-state index is 4.16. The highest BCUT2D eigenvalue weighted by Crippen LogP contribution is 2.08. The van der Waals surface area contributed by atoms with Gasteiger partial charge in [-0.05, 0) is 18.7 Å². The molecule has 0 aromatic rings. The topological polar surface area (TPSA) is 12.4 Å². The molecular weight excluding hydrogens is 105 g/mol. The summed E-state index contributed by atoms with van der Waals surface area (Å²) in [6.07, 6.45) is 4.65. The van der Waals surface area contributed by atoms with Gasteiger partial charge in [-0.1, -0.05) is 6.08 Å². The molecule has 1 aliphatic rings. The summed E-state index contributed by atoms with van der Waals surface area (Å²) in [4.78, 5) is 0. The molecule has 0 unspecified atom stereocenters. The summed E-state index contributed by atoms with van der Waals surface area (Å²) < 4.78 is 4.16. The van der Waals surface area contributed by atoms with E-state index in [0.29, 0.717) is 0 Å². The fourth-order valence-electron chi connectivity index (χ4n) is 0.506. The van der Waals surface area contributed by atoms with Gasteiger partial charge in [-0.25, -0.2) is 0 Å². The molecule has 1 aliphatic heterocycles. The Labute approximate surface area is 45.3 Å². The van der Waals surface area contributed by atoms with Crippen molar-refractivity contribution in [3.63, 3.8) is 0 Å². The Morgan fingerprint density at radius 2 is 2.57 bits per heavy atom. The molecule has 1 rings (SSSR count). The van der Waals surface area contributed by atoms with E-state index in [1.54, 1.807) is 0 Å². The van der Waals surface area contributed by atoms with Gasteiger partial charge in [-0.2, -0.15) is 0 Å². The third-order valence-corrected chi connectivity index (χ3v) is 1.59. The molecule has 0 amide bonds. The Hall–Kier alpha value is -0.160. The van der Waals surface area contributed by atoms with Gasteiger partial charge >= 0.3 is 0 Å². The van der Waals surface area contributed by atoms with Gasteiger partial charge < -0.3 is 0 Å². The number of hydrogen-bond donors (Lipinski definition) is 0. The molecule has 0 fully saturated rings. The van der Waals surface area contributed by atoms with Crippen molar-refractivity contribution in [3.05, 3.63) is 11.9 Å². The standard InChI is InChI=1S/C5H8NP/c1-2-4-6-7-5-3-1/h3,5H,1-2,4H2. The second-order valence-corrected chi connectivity index (χ2v) is 2.32. The van der Waals surface area contributed by atoms with Gasteiger partial charge in [0.05, 0.1) is 0 Å². The van der Waals surface area contributed by atoms with Crippen molar-refractivity contribution in [1.82, 2.24) is 0 Å². The third kappa shape index (κ3) is 1.84. The molecule has 0 aromatic carbocycles. The predicted molar refractivity (Wildman–Crippen MR) is 32.6 cm³/mol. The molecule has 0 saturated heterocycles. The van der Waals surface area contributed by atoms with E-state index in [1.807, 2.05) is 0 Å². The van der Waals surface area contributed by atoms with E-state index in [-0.39, 0.29) is 0 Å². The third-order valence-electron chi connectivity index (χ3n) is 0.883. The molecule has 0 radical (unpaired) electrons. The van der Waals surface area contributed by atoms with Crippen LogP contribution >= 0.6 is 8.37 Å². The summed E-state index contributed by atoms with van der Waals surface area (Å²) in [5.74, 6) is 2.10. The number of allylic oxidation sites excluding steroid dienone is 1. The first-order valence-electron chi connectivity index (χ1n) is 2.52. The SMILES string of the molecule is C1=CP=NCCC1. The minimum atomic E-state index is 1.05. The molecular formula is C5H8NP. The second-order valence-electron chi connectivity index (χ2n) is 1.51. The predicted octanol–water partition coefficient (Wildman–Crippen LogP) is 2.42. The average Bonchev–Trinajstić information content (AvgIpc) is 1.90. The smallest absolute Gasteiger partial charge is 0.0439 e. The normalized spacial score (nSPS) is 21.7. The summed E-state index contributed by atoms with van der Waals surface area (Å²) >= 11 is 0. The molecule has 0 saturated carbocycles. The fourth-order valence-corrected chi connectivity index (χ4v) is 1.10. The quantitative estimate of drug-likeness (QED) is 0.428. The molecule has 1 heterocycles. The average molecular weight is 113 g/mol. The molecule has 7 heavy (non-hydrogen) atoms. The van der Waals surface area contributed by atoms with Crippen LogP contribution in [-0.4, -0.2) is 6.54 Å². The van der Waals surface area contributed by atoms with Crippen molar-refractivity contribution in [2.24, 2.45) is 4.74 Å². The van der Waals surface area contributed by atoms with Crippen molar-refractivity contribution < 1.29 is 0 Å². The lowest BCUT2D eigenvalue weighted by Crippen LogP contribution is -1.71. The zero-order chi connectivity index (χ0) is 4.95. The molecule has 0 bridgehead atoms. The largest absolute Gasteiger partial charge is 0.264 e. The summed E-state index contributed by atoms with van der Waals surface area (Å²) in [6.45, 7) is 1.05. The van der Waals surface area contributed by atoms with Crippen molar-refractivity contribution in [2.45, 2.75) is 12.8 Å². The summed E-state index contributed by atoms with van der Waals surface area (Å²) in [7, 11) is 1.15. The number of hydrogen-bond acceptors (Lipinski definition) is 1. The van der Waals surface area contributed by atoms with E-state index >= 15 is 0 Å². The number of nitrogens with zero attached hydrogens (tertiary/aromatic N) is 1. The van der Waals surface area contributed by atoms with E-state index in [0.717, 1.165) is 14.9 Å². The molecule has 0 aliphatic carbocycles. The summed E-state index contributed by atoms with van der Waals surface area (Å²) in [5.41, 5.74) is 0. The van der Waals surface area contributed by atoms with Crippen LogP contribution in [0.5, 0.6) is 0 Å². The first-order chi connectivity index (χ1) is 3.50. The van der Waals surface area contributed by atoms with E-state index in [1.165, 1.54) is 12.8 Å². The Morgan fingerprint density at radius 3 is 3.57 bits per heavy atom. The van der Waals surface area contributed by atoms with Crippen molar-refractivity contribution in [3.8, 4) is 0 Å². The van der Waals surface area contributed by atoms with Crippen molar-refractivity contribution in [1.29, 1.82) is 0 Å². The van der Waals surface area contributed by atoms with E-state index in [2.05, 4.69) is 16.6 Å². The van der Waals surface area contributed by atoms with Gasteiger partial charge in [0, 0.05) is 14.9 Å². The van der Waals surface area contributed by atoms with Crippen LogP contribution in [0.3, 0.4) is 0 Å². The monoisotopic (exact) mass is 113 g/mol. The van der Waals surface area contributed by atoms with Crippen LogP contribution in [0.25, 0.3) is 0 Å². The summed E-state index contributed by atoms with van der Waals surface area (Å²) in [6, 6.07) is 0. The molecule has 0 N–H and O–H groups in total. The molecule has 2 heteroatoms. The minimum absolute atomic E-state index is 1.05. The maximum atomic E-state index is 4.16. The Kier molecular flexibility index (Phi) is 2.08. The van der Waals surface area contributed by atoms with E-state index < -0.39 is 0 Å². The highest BCUT2D eigenvalue weighted by molar-refractivity contribution is 7.30. The van der Waals surface area contributed by atoms with Crippen LogP contribution in [0.15, 0.2) is 16.6 Å². The Balaban J connectivity index is 2.39. The van der Waals surface area contributed by atoms with Crippen molar-refractivity contribution >= 4 is 8.37 Å². The lowest BCUT2D eigenvalue weighted by Gasteiger charge is -1.81. The minimum Gasteiger partial charge on any atom is -0.264 e.